The topological polar surface area (TPSA) is 57.3 Å². The molecule has 0 fully saturated rings. The normalized spacial score (nSPS) is 13.9. The number of nitrogens with zero attached hydrogens (tertiary/aromatic N) is 2. The minimum atomic E-state index is -0.141. The lowest BCUT2D eigenvalue weighted by Gasteiger charge is -2.29. The molecule has 0 radical (unpaired) electrons. The Bertz CT molecular complexity index is 988. The molecule has 2 aromatic carbocycles. The fourth-order valence-electron chi connectivity index (χ4n) is 3.96. The molecule has 0 saturated carbocycles. The molecule has 5 heteroatoms. The van der Waals surface area contributed by atoms with Gasteiger partial charge in [-0.3, -0.25) is 0 Å². The highest BCUT2D eigenvalue weighted by Gasteiger charge is 2.16. The van der Waals surface area contributed by atoms with E-state index in [-0.39, 0.29) is 12.1 Å². The summed E-state index contributed by atoms with van der Waals surface area (Å²) in [6.45, 7) is 4.37. The minimum absolute atomic E-state index is 0.114. The van der Waals surface area contributed by atoms with Crippen molar-refractivity contribution in [2.24, 2.45) is 0 Å². The number of anilines is 1. The number of amides is 2. The van der Waals surface area contributed by atoms with Crippen LogP contribution in [0.2, 0.25) is 0 Å². The van der Waals surface area contributed by atoms with E-state index < -0.39 is 0 Å². The van der Waals surface area contributed by atoms with Gasteiger partial charge < -0.3 is 15.5 Å². The van der Waals surface area contributed by atoms with E-state index in [1.165, 1.54) is 16.7 Å². The van der Waals surface area contributed by atoms with Gasteiger partial charge in [0.1, 0.15) is 5.82 Å². The molecule has 3 aromatic rings. The van der Waals surface area contributed by atoms with Gasteiger partial charge in [-0.2, -0.15) is 0 Å². The van der Waals surface area contributed by atoms with Crippen LogP contribution in [0.5, 0.6) is 0 Å². The highest BCUT2D eigenvalue weighted by Crippen LogP contribution is 2.22. The van der Waals surface area contributed by atoms with Crippen molar-refractivity contribution in [2.75, 3.05) is 11.4 Å². The molecule has 0 aliphatic carbocycles. The number of aryl methyl sites for hydroxylation is 1. The van der Waals surface area contributed by atoms with Crippen LogP contribution >= 0.6 is 0 Å². The Labute approximate surface area is 184 Å². The summed E-state index contributed by atoms with van der Waals surface area (Å²) in [6, 6.07) is 23.0. The zero-order valence-electron chi connectivity index (χ0n) is 18.1. The number of hydrogen-bond acceptors (Lipinski definition) is 3. The van der Waals surface area contributed by atoms with E-state index in [1.807, 2.05) is 43.5 Å². The van der Waals surface area contributed by atoms with Crippen LogP contribution in [0.4, 0.5) is 10.6 Å². The van der Waals surface area contributed by atoms with Gasteiger partial charge in [-0.1, -0.05) is 60.7 Å². The van der Waals surface area contributed by atoms with Crippen LogP contribution in [-0.2, 0) is 25.9 Å². The van der Waals surface area contributed by atoms with Crippen LogP contribution in [0.1, 0.15) is 35.6 Å². The van der Waals surface area contributed by atoms with Crippen molar-refractivity contribution in [2.45, 2.75) is 45.3 Å². The molecule has 2 amide bonds. The van der Waals surface area contributed by atoms with Gasteiger partial charge in [0.2, 0.25) is 0 Å². The summed E-state index contributed by atoms with van der Waals surface area (Å²) >= 11 is 0. The fraction of sp³-hybridized carbons (Fsp3) is 0.308. The van der Waals surface area contributed by atoms with E-state index in [1.54, 1.807) is 0 Å². The van der Waals surface area contributed by atoms with Crippen LogP contribution in [0.15, 0.2) is 72.9 Å². The molecule has 0 spiro atoms. The lowest BCUT2D eigenvalue weighted by atomic mass is 10.00. The van der Waals surface area contributed by atoms with Crippen molar-refractivity contribution in [3.63, 3.8) is 0 Å². The molecule has 5 nitrogen and oxygen atoms in total. The zero-order valence-corrected chi connectivity index (χ0v) is 18.1. The van der Waals surface area contributed by atoms with Crippen molar-refractivity contribution in [1.29, 1.82) is 0 Å². The van der Waals surface area contributed by atoms with Crippen molar-refractivity contribution >= 4 is 11.8 Å². The number of rotatable bonds is 7. The number of carbonyl (C=O) groups is 1. The lowest BCUT2D eigenvalue weighted by Crippen LogP contribution is -2.40. The Morgan fingerprint density at radius 1 is 1.00 bits per heavy atom. The van der Waals surface area contributed by atoms with Gasteiger partial charge in [-0.05, 0) is 54.5 Å². The van der Waals surface area contributed by atoms with Crippen molar-refractivity contribution in [3.8, 4) is 0 Å². The number of fused-ring (bicyclic) bond motifs is 1. The molecule has 4 rings (SSSR count). The smallest absolute Gasteiger partial charge is 0.315 e. The largest absolute Gasteiger partial charge is 0.352 e. The Kier molecular flexibility index (Phi) is 6.82. The second-order valence-electron chi connectivity index (χ2n) is 8.22. The number of aromatic nitrogens is 1. The average molecular weight is 415 g/mol. The SMILES string of the molecule is C[C@@H](CCc1ccccc1)NC(=O)NCc1ccc(N2CCc3ccccc3C2)nc1. The third kappa shape index (κ3) is 5.85. The summed E-state index contributed by atoms with van der Waals surface area (Å²) in [4.78, 5) is 19.2. The molecule has 1 aliphatic rings. The van der Waals surface area contributed by atoms with Gasteiger partial charge >= 0.3 is 6.03 Å². The summed E-state index contributed by atoms with van der Waals surface area (Å²) in [7, 11) is 0. The molecule has 160 valence electrons. The maximum atomic E-state index is 12.2. The Balaban J connectivity index is 1.22. The Morgan fingerprint density at radius 2 is 1.77 bits per heavy atom. The Morgan fingerprint density at radius 3 is 2.55 bits per heavy atom. The first-order chi connectivity index (χ1) is 15.2. The van der Waals surface area contributed by atoms with Crippen molar-refractivity contribution < 1.29 is 4.79 Å². The van der Waals surface area contributed by atoms with E-state index in [0.717, 1.165) is 43.7 Å². The third-order valence-electron chi connectivity index (χ3n) is 5.80. The third-order valence-corrected chi connectivity index (χ3v) is 5.80. The average Bonchev–Trinajstić information content (AvgIpc) is 2.82. The molecular weight excluding hydrogens is 384 g/mol. The van der Waals surface area contributed by atoms with E-state index in [9.17, 15) is 4.79 Å². The fourth-order valence-corrected chi connectivity index (χ4v) is 3.96. The van der Waals surface area contributed by atoms with E-state index in [2.05, 4.69) is 56.9 Å². The van der Waals surface area contributed by atoms with Crippen LogP contribution in [-0.4, -0.2) is 23.6 Å². The van der Waals surface area contributed by atoms with Gasteiger partial charge in [0.25, 0.3) is 0 Å². The summed E-state index contributed by atoms with van der Waals surface area (Å²) in [5.74, 6) is 0.984. The predicted molar refractivity (Wildman–Crippen MR) is 125 cm³/mol. The first-order valence-electron chi connectivity index (χ1n) is 11.0. The van der Waals surface area contributed by atoms with E-state index in [0.29, 0.717) is 6.54 Å². The van der Waals surface area contributed by atoms with E-state index in [4.69, 9.17) is 0 Å². The van der Waals surface area contributed by atoms with Crippen molar-refractivity contribution in [3.05, 3.63) is 95.2 Å². The van der Waals surface area contributed by atoms with Gasteiger partial charge in [0.05, 0.1) is 0 Å². The quantitative estimate of drug-likeness (QED) is 0.600. The molecule has 1 aromatic heterocycles. The Hall–Kier alpha value is -3.34. The number of nitrogens with one attached hydrogen (secondary N) is 2. The van der Waals surface area contributed by atoms with E-state index >= 15 is 0 Å². The number of pyridine rings is 1. The number of hydrogen-bond donors (Lipinski definition) is 2. The number of benzene rings is 2. The van der Waals surface area contributed by atoms with Gasteiger partial charge in [-0.15, -0.1) is 0 Å². The zero-order chi connectivity index (χ0) is 21.5. The molecule has 0 bridgehead atoms. The van der Waals surface area contributed by atoms with Crippen LogP contribution in [0.3, 0.4) is 0 Å². The first kappa shape index (κ1) is 20.9. The van der Waals surface area contributed by atoms with Crippen LogP contribution in [0, 0.1) is 0 Å². The van der Waals surface area contributed by atoms with Gasteiger partial charge in [-0.25, -0.2) is 9.78 Å². The first-order valence-corrected chi connectivity index (χ1v) is 11.0. The van der Waals surface area contributed by atoms with Crippen LogP contribution in [0.25, 0.3) is 0 Å². The highest BCUT2D eigenvalue weighted by molar-refractivity contribution is 5.74. The molecule has 31 heavy (non-hydrogen) atoms. The summed E-state index contributed by atoms with van der Waals surface area (Å²) in [5, 5.41) is 5.95. The standard InChI is InChI=1S/C26H30N4O/c1-20(11-12-21-7-3-2-4-8-21)29-26(31)28-18-22-13-14-25(27-17-22)30-16-15-23-9-5-6-10-24(23)19-30/h2-10,13-14,17,20H,11-12,15-16,18-19H2,1H3,(H2,28,29,31)/t20-/m0/s1. The van der Waals surface area contributed by atoms with Gasteiger partial charge in [0.15, 0.2) is 0 Å². The van der Waals surface area contributed by atoms with Gasteiger partial charge in [0, 0.05) is 31.9 Å². The summed E-state index contributed by atoms with van der Waals surface area (Å²) in [5.41, 5.74) is 5.09. The molecule has 2 heterocycles. The summed E-state index contributed by atoms with van der Waals surface area (Å²) < 4.78 is 0. The molecule has 1 aliphatic heterocycles. The second-order valence-corrected chi connectivity index (χ2v) is 8.22. The maximum absolute atomic E-state index is 12.2. The maximum Gasteiger partial charge on any atom is 0.315 e. The second kappa shape index (κ2) is 10.1. The van der Waals surface area contributed by atoms with Crippen LogP contribution < -0.4 is 15.5 Å². The number of carbonyl (C=O) groups excluding carboxylic acids is 1. The molecular formula is C26H30N4O. The molecule has 1 atom stereocenters. The highest BCUT2D eigenvalue weighted by atomic mass is 16.2. The van der Waals surface area contributed by atoms with Crippen molar-refractivity contribution in [1.82, 2.24) is 15.6 Å². The molecule has 0 saturated heterocycles. The summed E-state index contributed by atoms with van der Waals surface area (Å²) in [6.07, 6.45) is 4.76. The monoisotopic (exact) mass is 414 g/mol. The molecule has 0 unspecified atom stereocenters. The molecule has 2 N–H and O–H groups in total. The predicted octanol–water partition coefficient (Wildman–Crippen LogP) is 4.46. The lowest BCUT2D eigenvalue weighted by molar-refractivity contribution is 0.237. The number of urea groups is 1. The minimum Gasteiger partial charge on any atom is -0.352 e.